The predicted octanol–water partition coefficient (Wildman–Crippen LogP) is 2.64. The van der Waals surface area contributed by atoms with Crippen molar-refractivity contribution in [3.05, 3.63) is 35.1 Å². The predicted molar refractivity (Wildman–Crippen MR) is 81.6 cm³/mol. The SMILES string of the molecule is CSCC(C)N(C)Cc1ccc(F)c(C(N)=S)c1. The Morgan fingerprint density at radius 3 is 2.78 bits per heavy atom. The number of hydrogen-bond donors (Lipinski definition) is 1. The molecule has 2 nitrogen and oxygen atoms in total. The van der Waals surface area contributed by atoms with Gasteiger partial charge in [0.2, 0.25) is 0 Å². The van der Waals surface area contributed by atoms with Crippen LogP contribution in [0.1, 0.15) is 18.1 Å². The molecule has 0 saturated heterocycles. The molecule has 1 aromatic rings. The third kappa shape index (κ3) is 4.23. The molecule has 18 heavy (non-hydrogen) atoms. The summed E-state index contributed by atoms with van der Waals surface area (Å²) >= 11 is 6.65. The summed E-state index contributed by atoms with van der Waals surface area (Å²) in [5.74, 6) is 0.714. The van der Waals surface area contributed by atoms with Crippen LogP contribution in [-0.4, -0.2) is 35.0 Å². The highest BCUT2D eigenvalue weighted by Gasteiger charge is 2.11. The van der Waals surface area contributed by atoms with Gasteiger partial charge in [0.15, 0.2) is 0 Å². The number of hydrogen-bond acceptors (Lipinski definition) is 3. The number of rotatable bonds is 6. The van der Waals surface area contributed by atoms with E-state index < -0.39 is 0 Å². The van der Waals surface area contributed by atoms with Crippen molar-refractivity contribution in [1.29, 1.82) is 0 Å². The van der Waals surface area contributed by atoms with E-state index in [1.54, 1.807) is 12.1 Å². The molecule has 0 saturated carbocycles. The van der Waals surface area contributed by atoms with E-state index in [1.165, 1.54) is 6.07 Å². The van der Waals surface area contributed by atoms with Crippen molar-refractivity contribution < 1.29 is 4.39 Å². The molecule has 0 aliphatic heterocycles. The van der Waals surface area contributed by atoms with Gasteiger partial charge in [0.1, 0.15) is 10.8 Å². The summed E-state index contributed by atoms with van der Waals surface area (Å²) in [5.41, 5.74) is 6.85. The molecule has 1 unspecified atom stereocenters. The van der Waals surface area contributed by atoms with Gasteiger partial charge in [0.05, 0.1) is 0 Å². The van der Waals surface area contributed by atoms with Gasteiger partial charge in [0.25, 0.3) is 0 Å². The van der Waals surface area contributed by atoms with Crippen LogP contribution in [0.4, 0.5) is 4.39 Å². The molecule has 0 aliphatic carbocycles. The number of nitrogens with zero attached hydrogens (tertiary/aromatic N) is 1. The lowest BCUT2D eigenvalue weighted by Gasteiger charge is -2.24. The minimum absolute atomic E-state index is 0.106. The molecule has 1 aromatic carbocycles. The fourth-order valence-corrected chi connectivity index (χ4v) is 2.57. The van der Waals surface area contributed by atoms with Crippen molar-refractivity contribution in [3.63, 3.8) is 0 Å². The van der Waals surface area contributed by atoms with Gasteiger partial charge < -0.3 is 5.73 Å². The molecule has 0 radical (unpaired) electrons. The molecule has 100 valence electrons. The maximum atomic E-state index is 13.5. The van der Waals surface area contributed by atoms with E-state index in [0.29, 0.717) is 11.6 Å². The fourth-order valence-electron chi connectivity index (χ4n) is 1.67. The van der Waals surface area contributed by atoms with E-state index in [0.717, 1.165) is 17.9 Å². The van der Waals surface area contributed by atoms with Gasteiger partial charge in [0, 0.05) is 23.9 Å². The first kappa shape index (κ1) is 15.4. The van der Waals surface area contributed by atoms with Gasteiger partial charge in [-0.2, -0.15) is 11.8 Å². The van der Waals surface area contributed by atoms with Crippen LogP contribution in [0.25, 0.3) is 0 Å². The lowest BCUT2D eigenvalue weighted by molar-refractivity contribution is 0.269. The minimum atomic E-state index is -0.355. The zero-order valence-electron chi connectivity index (χ0n) is 10.9. The smallest absolute Gasteiger partial charge is 0.133 e. The second-order valence-electron chi connectivity index (χ2n) is 4.40. The summed E-state index contributed by atoms with van der Waals surface area (Å²) in [4.78, 5) is 2.33. The molecule has 0 aromatic heterocycles. The van der Waals surface area contributed by atoms with Crippen LogP contribution in [-0.2, 0) is 6.54 Å². The summed E-state index contributed by atoms with van der Waals surface area (Å²) in [6.45, 7) is 2.94. The highest BCUT2D eigenvalue weighted by Crippen LogP contribution is 2.14. The Hall–Kier alpha value is -0.650. The monoisotopic (exact) mass is 286 g/mol. The van der Waals surface area contributed by atoms with Crippen molar-refractivity contribution >= 4 is 29.0 Å². The standard InChI is InChI=1S/C13H19FN2S2/c1-9(8-18-3)16(2)7-10-4-5-12(14)11(6-10)13(15)17/h4-6,9H,7-8H2,1-3H3,(H2,15,17). The Kier molecular flexibility index (Phi) is 6.05. The molecule has 0 bridgehead atoms. The average molecular weight is 286 g/mol. The van der Waals surface area contributed by atoms with Crippen LogP contribution in [0.15, 0.2) is 18.2 Å². The van der Waals surface area contributed by atoms with Gasteiger partial charge in [-0.05, 0) is 37.9 Å². The summed E-state index contributed by atoms with van der Waals surface area (Å²) in [6, 6.07) is 5.41. The minimum Gasteiger partial charge on any atom is -0.389 e. The molecular weight excluding hydrogens is 267 g/mol. The Balaban J connectivity index is 2.79. The van der Waals surface area contributed by atoms with Crippen LogP contribution in [0.3, 0.4) is 0 Å². The Morgan fingerprint density at radius 1 is 1.56 bits per heavy atom. The molecule has 0 aliphatic rings. The summed E-state index contributed by atoms with van der Waals surface area (Å²) in [5, 5.41) is 0. The first-order chi connectivity index (χ1) is 8.45. The van der Waals surface area contributed by atoms with E-state index in [2.05, 4.69) is 25.1 Å². The van der Waals surface area contributed by atoms with Crippen LogP contribution in [0.2, 0.25) is 0 Å². The maximum Gasteiger partial charge on any atom is 0.133 e. The highest BCUT2D eigenvalue weighted by atomic mass is 32.2. The summed E-state index contributed by atoms with van der Waals surface area (Å²) in [7, 11) is 2.06. The molecule has 0 heterocycles. The van der Waals surface area contributed by atoms with Crippen LogP contribution in [0.5, 0.6) is 0 Å². The number of thiocarbonyl (C=S) groups is 1. The van der Waals surface area contributed by atoms with Crippen molar-refractivity contribution in [2.24, 2.45) is 5.73 Å². The van der Waals surface area contributed by atoms with E-state index in [9.17, 15) is 4.39 Å². The zero-order chi connectivity index (χ0) is 13.7. The van der Waals surface area contributed by atoms with Gasteiger partial charge >= 0.3 is 0 Å². The van der Waals surface area contributed by atoms with Crippen molar-refractivity contribution in [2.45, 2.75) is 19.5 Å². The lowest BCUT2D eigenvalue weighted by atomic mass is 10.1. The van der Waals surface area contributed by atoms with E-state index in [4.69, 9.17) is 18.0 Å². The average Bonchev–Trinajstić information content (AvgIpc) is 2.31. The van der Waals surface area contributed by atoms with Crippen LogP contribution in [0, 0.1) is 5.82 Å². The highest BCUT2D eigenvalue weighted by molar-refractivity contribution is 7.98. The topological polar surface area (TPSA) is 29.3 Å². The van der Waals surface area contributed by atoms with Crippen LogP contribution >= 0.6 is 24.0 Å². The van der Waals surface area contributed by atoms with E-state index in [-0.39, 0.29) is 10.8 Å². The third-order valence-corrected chi connectivity index (χ3v) is 3.92. The van der Waals surface area contributed by atoms with Gasteiger partial charge in [-0.25, -0.2) is 4.39 Å². The molecule has 1 atom stereocenters. The molecule has 2 N–H and O–H groups in total. The van der Waals surface area contributed by atoms with Crippen molar-refractivity contribution in [2.75, 3.05) is 19.1 Å². The van der Waals surface area contributed by atoms with E-state index in [1.807, 2.05) is 11.8 Å². The van der Waals surface area contributed by atoms with Gasteiger partial charge in [-0.1, -0.05) is 18.3 Å². The molecular formula is C13H19FN2S2. The van der Waals surface area contributed by atoms with Gasteiger partial charge in [-0.15, -0.1) is 0 Å². The number of benzene rings is 1. The van der Waals surface area contributed by atoms with Crippen molar-refractivity contribution in [1.82, 2.24) is 4.90 Å². The third-order valence-electron chi connectivity index (χ3n) is 2.89. The largest absolute Gasteiger partial charge is 0.389 e. The second-order valence-corrected chi connectivity index (χ2v) is 5.75. The molecule has 1 rings (SSSR count). The summed E-state index contributed by atoms with van der Waals surface area (Å²) < 4.78 is 13.5. The first-order valence-electron chi connectivity index (χ1n) is 5.73. The quantitative estimate of drug-likeness (QED) is 0.814. The number of halogens is 1. The fraction of sp³-hybridized carbons (Fsp3) is 0.462. The normalized spacial score (nSPS) is 12.7. The molecule has 0 fully saturated rings. The number of thioether (sulfide) groups is 1. The van der Waals surface area contributed by atoms with Crippen molar-refractivity contribution in [3.8, 4) is 0 Å². The summed E-state index contributed by atoms with van der Waals surface area (Å²) in [6.07, 6.45) is 2.09. The first-order valence-corrected chi connectivity index (χ1v) is 7.53. The second kappa shape index (κ2) is 7.07. The number of nitrogens with two attached hydrogens (primary N) is 1. The molecule has 0 amide bonds. The van der Waals surface area contributed by atoms with E-state index >= 15 is 0 Å². The molecule has 5 heteroatoms. The maximum absolute atomic E-state index is 13.5. The van der Waals surface area contributed by atoms with Crippen LogP contribution < -0.4 is 5.73 Å². The molecule has 0 spiro atoms. The van der Waals surface area contributed by atoms with Gasteiger partial charge in [-0.3, -0.25) is 4.90 Å². The zero-order valence-corrected chi connectivity index (χ0v) is 12.6. The lowest BCUT2D eigenvalue weighted by Crippen LogP contribution is -2.30. The Labute approximate surface area is 118 Å². The Bertz CT molecular complexity index is 423. The Morgan fingerprint density at radius 2 is 2.22 bits per heavy atom.